The summed E-state index contributed by atoms with van der Waals surface area (Å²) in [6, 6.07) is 13.5. The number of fused-ring (bicyclic) bond motifs is 1. The second kappa shape index (κ2) is 6.06. The lowest BCUT2D eigenvalue weighted by atomic mass is 9.93. The van der Waals surface area contributed by atoms with E-state index in [0.717, 1.165) is 16.6 Å². The van der Waals surface area contributed by atoms with E-state index in [0.29, 0.717) is 12.0 Å². The molecule has 2 aromatic rings. The third-order valence-electron chi connectivity index (χ3n) is 4.24. The van der Waals surface area contributed by atoms with Crippen molar-refractivity contribution in [2.45, 2.75) is 25.3 Å². The Morgan fingerprint density at radius 3 is 2.45 bits per heavy atom. The number of pyridine rings is 1. The summed E-state index contributed by atoms with van der Waals surface area (Å²) in [5.74, 6) is 0.669. The summed E-state index contributed by atoms with van der Waals surface area (Å²) in [7, 11) is 2.06. The first kappa shape index (κ1) is 13.8. The molecule has 1 atom stereocenters. The third-order valence-corrected chi connectivity index (χ3v) is 4.71. The quantitative estimate of drug-likeness (QED) is 0.929. The van der Waals surface area contributed by atoms with E-state index in [4.69, 9.17) is 0 Å². The summed E-state index contributed by atoms with van der Waals surface area (Å²) in [6.45, 7) is 0. The van der Waals surface area contributed by atoms with Crippen molar-refractivity contribution in [3.05, 3.63) is 63.9 Å². The molecule has 0 saturated heterocycles. The molecule has 1 N–H and O–H groups in total. The Bertz CT molecular complexity index is 555. The highest BCUT2D eigenvalue weighted by Gasteiger charge is 2.27. The minimum absolute atomic E-state index is 0.482. The van der Waals surface area contributed by atoms with Crippen LogP contribution in [0.3, 0.4) is 0 Å². The molecule has 0 radical (unpaired) electrons. The van der Waals surface area contributed by atoms with Gasteiger partial charge in [-0.3, -0.25) is 4.98 Å². The van der Waals surface area contributed by atoms with Crippen molar-refractivity contribution in [3.8, 4) is 0 Å². The van der Waals surface area contributed by atoms with E-state index in [2.05, 4.69) is 69.7 Å². The van der Waals surface area contributed by atoms with Crippen LogP contribution >= 0.6 is 15.9 Å². The van der Waals surface area contributed by atoms with E-state index in [1.165, 1.54) is 24.0 Å². The number of hydrogen-bond acceptors (Lipinski definition) is 2. The Morgan fingerprint density at radius 1 is 1.20 bits per heavy atom. The highest BCUT2D eigenvalue weighted by Crippen LogP contribution is 2.29. The molecule has 2 nitrogen and oxygen atoms in total. The van der Waals surface area contributed by atoms with Crippen LogP contribution in [0.5, 0.6) is 0 Å². The van der Waals surface area contributed by atoms with Gasteiger partial charge in [0.2, 0.25) is 0 Å². The monoisotopic (exact) mass is 330 g/mol. The van der Waals surface area contributed by atoms with E-state index < -0.39 is 0 Å². The molecule has 3 rings (SSSR count). The highest BCUT2D eigenvalue weighted by atomic mass is 79.9. The van der Waals surface area contributed by atoms with Gasteiger partial charge in [0.1, 0.15) is 0 Å². The van der Waals surface area contributed by atoms with Crippen LogP contribution in [0, 0.1) is 5.92 Å². The lowest BCUT2D eigenvalue weighted by Gasteiger charge is -2.22. The van der Waals surface area contributed by atoms with Crippen molar-refractivity contribution in [3.63, 3.8) is 0 Å². The fourth-order valence-corrected chi connectivity index (χ4v) is 3.37. The topological polar surface area (TPSA) is 24.9 Å². The van der Waals surface area contributed by atoms with Crippen LogP contribution in [0.15, 0.2) is 47.1 Å². The van der Waals surface area contributed by atoms with Crippen LogP contribution in [0.1, 0.15) is 16.8 Å². The summed E-state index contributed by atoms with van der Waals surface area (Å²) < 4.78 is 1.04. The molecule has 0 saturated carbocycles. The first-order chi connectivity index (χ1) is 9.76. The molecule has 20 heavy (non-hydrogen) atoms. The Labute approximate surface area is 128 Å². The number of rotatable bonds is 4. The van der Waals surface area contributed by atoms with Gasteiger partial charge in [-0.2, -0.15) is 0 Å². The number of nitrogens with one attached hydrogen (secondary N) is 1. The molecule has 1 heterocycles. The maximum absolute atomic E-state index is 4.50. The number of likely N-dealkylation sites (N-methyl/N-ethyl adjacent to an activating group) is 1. The van der Waals surface area contributed by atoms with Crippen molar-refractivity contribution in [1.29, 1.82) is 0 Å². The smallest absolute Gasteiger partial charge is 0.0420 e. The molecule has 0 spiro atoms. The van der Waals surface area contributed by atoms with Gasteiger partial charge in [0.25, 0.3) is 0 Å². The molecule has 104 valence electrons. The van der Waals surface area contributed by atoms with Gasteiger partial charge in [0.05, 0.1) is 0 Å². The van der Waals surface area contributed by atoms with Crippen LogP contribution in [0.2, 0.25) is 0 Å². The zero-order valence-corrected chi connectivity index (χ0v) is 13.2. The zero-order chi connectivity index (χ0) is 13.9. The third kappa shape index (κ3) is 2.94. The van der Waals surface area contributed by atoms with Crippen LogP contribution < -0.4 is 5.32 Å². The maximum Gasteiger partial charge on any atom is 0.0420 e. The van der Waals surface area contributed by atoms with Gasteiger partial charge in [0, 0.05) is 28.8 Å². The van der Waals surface area contributed by atoms with Gasteiger partial charge in [-0.05, 0) is 65.0 Å². The van der Waals surface area contributed by atoms with Gasteiger partial charge in [-0.25, -0.2) is 0 Å². The van der Waals surface area contributed by atoms with E-state index in [1.807, 2.05) is 6.20 Å². The molecule has 1 unspecified atom stereocenters. The molecule has 0 bridgehead atoms. The summed E-state index contributed by atoms with van der Waals surface area (Å²) in [5, 5.41) is 3.49. The van der Waals surface area contributed by atoms with Crippen LogP contribution in [-0.2, 0) is 19.3 Å². The van der Waals surface area contributed by atoms with Crippen molar-refractivity contribution in [2.24, 2.45) is 5.92 Å². The molecular formula is C17H19BrN2. The molecule has 0 aliphatic heterocycles. The molecular weight excluding hydrogens is 312 g/mol. The number of halogens is 1. The average molecular weight is 331 g/mol. The van der Waals surface area contributed by atoms with E-state index in [1.54, 1.807) is 0 Å². The number of aromatic nitrogens is 1. The Kier molecular flexibility index (Phi) is 4.18. The Morgan fingerprint density at radius 2 is 1.90 bits per heavy atom. The average Bonchev–Trinajstić information content (AvgIpc) is 2.90. The fourth-order valence-electron chi connectivity index (χ4n) is 3.13. The van der Waals surface area contributed by atoms with E-state index in [-0.39, 0.29) is 0 Å². The molecule has 0 amide bonds. The largest absolute Gasteiger partial charge is 0.316 e. The normalized spacial score (nSPS) is 16.1. The van der Waals surface area contributed by atoms with Crippen molar-refractivity contribution >= 4 is 15.9 Å². The number of benzene rings is 1. The predicted molar refractivity (Wildman–Crippen MR) is 85.8 cm³/mol. The Hall–Kier alpha value is -1.19. The molecule has 1 aromatic carbocycles. The molecule has 1 aliphatic rings. The van der Waals surface area contributed by atoms with Gasteiger partial charge in [0.15, 0.2) is 0 Å². The van der Waals surface area contributed by atoms with Crippen LogP contribution in [0.25, 0.3) is 0 Å². The summed E-state index contributed by atoms with van der Waals surface area (Å²) in [6.07, 6.45) is 5.23. The first-order valence-corrected chi connectivity index (χ1v) is 7.90. The number of nitrogens with zero attached hydrogens (tertiary/aromatic N) is 1. The van der Waals surface area contributed by atoms with Crippen LogP contribution in [0.4, 0.5) is 0 Å². The van der Waals surface area contributed by atoms with Crippen molar-refractivity contribution in [1.82, 2.24) is 10.3 Å². The fraction of sp³-hybridized carbons (Fsp3) is 0.353. The Balaban J connectivity index is 1.71. The summed E-state index contributed by atoms with van der Waals surface area (Å²) in [5.41, 5.74) is 4.19. The summed E-state index contributed by atoms with van der Waals surface area (Å²) >= 11 is 3.44. The van der Waals surface area contributed by atoms with Crippen LogP contribution in [-0.4, -0.2) is 18.1 Å². The first-order valence-electron chi connectivity index (χ1n) is 7.10. The standard InChI is InChI=1S/C17H19BrN2/c1-19-17(10-16-7-6-15(18)11-20-16)14-8-12-4-2-3-5-13(12)9-14/h2-7,11,14,17,19H,8-10H2,1H3. The zero-order valence-electron chi connectivity index (χ0n) is 11.6. The second-order valence-electron chi connectivity index (χ2n) is 5.50. The lowest BCUT2D eigenvalue weighted by molar-refractivity contribution is 0.381. The molecule has 0 fully saturated rings. The SMILES string of the molecule is CNC(Cc1ccc(Br)cn1)C1Cc2ccccc2C1. The number of hydrogen-bond donors (Lipinski definition) is 1. The molecule has 1 aromatic heterocycles. The van der Waals surface area contributed by atoms with Crippen molar-refractivity contribution in [2.75, 3.05) is 7.05 Å². The molecule has 1 aliphatic carbocycles. The van der Waals surface area contributed by atoms with Gasteiger partial charge >= 0.3 is 0 Å². The minimum atomic E-state index is 0.482. The van der Waals surface area contributed by atoms with E-state index >= 15 is 0 Å². The maximum atomic E-state index is 4.50. The molecule has 3 heteroatoms. The predicted octanol–water partition coefficient (Wildman–Crippen LogP) is 3.39. The van der Waals surface area contributed by atoms with E-state index in [9.17, 15) is 0 Å². The minimum Gasteiger partial charge on any atom is -0.316 e. The highest BCUT2D eigenvalue weighted by molar-refractivity contribution is 9.10. The summed E-state index contributed by atoms with van der Waals surface area (Å²) in [4.78, 5) is 4.50. The van der Waals surface area contributed by atoms with Gasteiger partial charge in [-0.15, -0.1) is 0 Å². The van der Waals surface area contributed by atoms with Gasteiger partial charge < -0.3 is 5.32 Å². The van der Waals surface area contributed by atoms with Gasteiger partial charge in [-0.1, -0.05) is 24.3 Å². The second-order valence-corrected chi connectivity index (χ2v) is 6.42. The lowest BCUT2D eigenvalue weighted by Crippen LogP contribution is -2.36. The van der Waals surface area contributed by atoms with Crippen molar-refractivity contribution < 1.29 is 0 Å².